The molecule has 0 atom stereocenters. The summed E-state index contributed by atoms with van der Waals surface area (Å²) >= 11 is 0. The largest absolute Gasteiger partial charge is 0.378 e. The number of unbranched alkanes of at least 4 members (excludes halogenated alkanes) is 6. The third-order valence-electron chi connectivity index (χ3n) is 7.09. The Hall–Kier alpha value is -0.0400. The molecule has 0 unspecified atom stereocenters. The predicted molar refractivity (Wildman–Crippen MR) is 110 cm³/mol. The summed E-state index contributed by atoms with van der Waals surface area (Å²) in [6.45, 7) is 5.62. The SMILES string of the molecule is CCCCCCCOC1CCC(C2CCC(CCCCC)CC2)CC1. The average Bonchev–Trinajstić information content (AvgIpc) is 2.66. The van der Waals surface area contributed by atoms with Gasteiger partial charge < -0.3 is 4.74 Å². The van der Waals surface area contributed by atoms with Crippen molar-refractivity contribution in [2.24, 2.45) is 17.8 Å². The Morgan fingerprint density at radius 3 is 1.80 bits per heavy atom. The first-order chi connectivity index (χ1) is 12.3. The van der Waals surface area contributed by atoms with Gasteiger partial charge in [-0.3, -0.25) is 0 Å². The molecule has 2 aliphatic rings. The van der Waals surface area contributed by atoms with Crippen LogP contribution in [0.2, 0.25) is 0 Å². The molecule has 1 heteroatoms. The van der Waals surface area contributed by atoms with Gasteiger partial charge in [-0.1, -0.05) is 78.1 Å². The first kappa shape index (κ1) is 21.3. The lowest BCUT2D eigenvalue weighted by atomic mass is 9.70. The van der Waals surface area contributed by atoms with Gasteiger partial charge in [0.15, 0.2) is 0 Å². The first-order valence-electron chi connectivity index (χ1n) is 11.9. The van der Waals surface area contributed by atoms with Crippen LogP contribution >= 0.6 is 0 Å². The van der Waals surface area contributed by atoms with Gasteiger partial charge >= 0.3 is 0 Å². The van der Waals surface area contributed by atoms with Crippen LogP contribution in [-0.2, 0) is 4.74 Å². The van der Waals surface area contributed by atoms with Crippen molar-refractivity contribution in [1.82, 2.24) is 0 Å². The zero-order valence-electron chi connectivity index (χ0n) is 17.4. The third-order valence-corrected chi connectivity index (χ3v) is 7.09. The minimum atomic E-state index is 0.591. The Morgan fingerprint density at radius 2 is 1.16 bits per heavy atom. The number of rotatable bonds is 12. The van der Waals surface area contributed by atoms with Crippen molar-refractivity contribution in [3.8, 4) is 0 Å². The van der Waals surface area contributed by atoms with Crippen LogP contribution in [0.1, 0.15) is 123 Å². The minimum absolute atomic E-state index is 0.591. The first-order valence-corrected chi connectivity index (χ1v) is 11.9. The van der Waals surface area contributed by atoms with Gasteiger partial charge in [0.05, 0.1) is 6.10 Å². The molecule has 0 amide bonds. The maximum Gasteiger partial charge on any atom is 0.0575 e. The van der Waals surface area contributed by atoms with E-state index in [1.807, 2.05) is 0 Å². The average molecular weight is 351 g/mol. The maximum atomic E-state index is 6.17. The van der Waals surface area contributed by atoms with Crippen LogP contribution in [0, 0.1) is 17.8 Å². The highest BCUT2D eigenvalue weighted by molar-refractivity contribution is 4.82. The molecule has 0 aromatic heterocycles. The van der Waals surface area contributed by atoms with E-state index < -0.39 is 0 Å². The van der Waals surface area contributed by atoms with E-state index in [1.54, 1.807) is 0 Å². The molecular weight excluding hydrogens is 304 g/mol. The summed E-state index contributed by atoms with van der Waals surface area (Å²) in [6.07, 6.45) is 24.9. The van der Waals surface area contributed by atoms with Crippen molar-refractivity contribution >= 4 is 0 Å². The summed E-state index contributed by atoms with van der Waals surface area (Å²) in [5.41, 5.74) is 0. The Kier molecular flexibility index (Phi) is 11.2. The van der Waals surface area contributed by atoms with E-state index in [0.29, 0.717) is 6.10 Å². The lowest BCUT2D eigenvalue weighted by Gasteiger charge is -2.38. The van der Waals surface area contributed by atoms with Crippen LogP contribution in [-0.4, -0.2) is 12.7 Å². The summed E-state index contributed by atoms with van der Waals surface area (Å²) in [4.78, 5) is 0. The van der Waals surface area contributed by atoms with Crippen LogP contribution in [0.25, 0.3) is 0 Å². The quantitative estimate of drug-likeness (QED) is 0.325. The molecule has 0 bridgehead atoms. The van der Waals surface area contributed by atoms with E-state index in [0.717, 1.165) is 24.4 Å². The highest BCUT2D eigenvalue weighted by Gasteiger charge is 2.30. The molecule has 2 fully saturated rings. The lowest BCUT2D eigenvalue weighted by molar-refractivity contribution is 0.00527. The van der Waals surface area contributed by atoms with Gasteiger partial charge in [-0.05, 0) is 62.7 Å². The minimum Gasteiger partial charge on any atom is -0.378 e. The standard InChI is InChI=1S/C24H46O/c1-3-5-7-8-10-20-25-24-18-16-23(17-19-24)22-14-12-21(13-15-22)11-9-6-4-2/h21-24H,3-20H2,1-2H3. The molecule has 148 valence electrons. The van der Waals surface area contributed by atoms with Crippen LogP contribution in [0.15, 0.2) is 0 Å². The molecule has 2 rings (SSSR count). The summed E-state index contributed by atoms with van der Waals surface area (Å²) in [5, 5.41) is 0. The van der Waals surface area contributed by atoms with Gasteiger partial charge in [0.2, 0.25) is 0 Å². The topological polar surface area (TPSA) is 9.23 Å². The third kappa shape index (κ3) is 8.46. The fraction of sp³-hybridized carbons (Fsp3) is 1.00. The second-order valence-electron chi connectivity index (χ2n) is 9.10. The Bertz CT molecular complexity index is 297. The van der Waals surface area contributed by atoms with Crippen LogP contribution < -0.4 is 0 Å². The summed E-state index contributed by atoms with van der Waals surface area (Å²) < 4.78 is 6.17. The summed E-state index contributed by atoms with van der Waals surface area (Å²) in [6, 6.07) is 0. The molecule has 0 aliphatic heterocycles. The van der Waals surface area contributed by atoms with E-state index in [2.05, 4.69) is 13.8 Å². The molecule has 0 spiro atoms. The molecule has 0 N–H and O–H groups in total. The second kappa shape index (κ2) is 13.2. The van der Waals surface area contributed by atoms with Gasteiger partial charge in [-0.25, -0.2) is 0 Å². The number of ether oxygens (including phenoxy) is 1. The van der Waals surface area contributed by atoms with Gasteiger partial charge in [-0.15, -0.1) is 0 Å². The van der Waals surface area contributed by atoms with Crippen molar-refractivity contribution < 1.29 is 4.74 Å². The van der Waals surface area contributed by atoms with Crippen molar-refractivity contribution in [3.05, 3.63) is 0 Å². The molecule has 0 aromatic rings. The van der Waals surface area contributed by atoms with Crippen LogP contribution in [0.3, 0.4) is 0 Å². The van der Waals surface area contributed by atoms with Gasteiger partial charge in [-0.2, -0.15) is 0 Å². The Morgan fingerprint density at radius 1 is 0.600 bits per heavy atom. The van der Waals surface area contributed by atoms with Gasteiger partial charge in [0.1, 0.15) is 0 Å². The van der Waals surface area contributed by atoms with E-state index in [4.69, 9.17) is 4.74 Å². The molecule has 0 saturated heterocycles. The molecule has 1 nitrogen and oxygen atoms in total. The Balaban J connectivity index is 1.51. The lowest BCUT2D eigenvalue weighted by Crippen LogP contribution is -2.28. The molecule has 0 radical (unpaired) electrons. The Labute approximate surface area is 158 Å². The van der Waals surface area contributed by atoms with Crippen molar-refractivity contribution in [1.29, 1.82) is 0 Å². The van der Waals surface area contributed by atoms with Gasteiger partial charge in [0.25, 0.3) is 0 Å². The summed E-state index contributed by atoms with van der Waals surface area (Å²) in [7, 11) is 0. The molecule has 0 aromatic carbocycles. The van der Waals surface area contributed by atoms with Crippen molar-refractivity contribution in [2.45, 2.75) is 129 Å². The number of hydrogen-bond acceptors (Lipinski definition) is 1. The fourth-order valence-corrected chi connectivity index (χ4v) is 5.31. The molecule has 2 aliphatic carbocycles. The van der Waals surface area contributed by atoms with E-state index in [-0.39, 0.29) is 0 Å². The predicted octanol–water partition coefficient (Wildman–Crippen LogP) is 7.92. The summed E-state index contributed by atoms with van der Waals surface area (Å²) in [5.74, 6) is 3.15. The van der Waals surface area contributed by atoms with Crippen molar-refractivity contribution in [3.63, 3.8) is 0 Å². The fourth-order valence-electron chi connectivity index (χ4n) is 5.31. The zero-order valence-corrected chi connectivity index (χ0v) is 17.4. The molecule has 25 heavy (non-hydrogen) atoms. The number of hydrogen-bond donors (Lipinski definition) is 0. The molecule has 2 saturated carbocycles. The maximum absolute atomic E-state index is 6.17. The molecular formula is C24H46O. The second-order valence-corrected chi connectivity index (χ2v) is 9.10. The molecule has 0 heterocycles. The van der Waals surface area contributed by atoms with Crippen LogP contribution in [0.5, 0.6) is 0 Å². The smallest absolute Gasteiger partial charge is 0.0575 e. The zero-order chi connectivity index (χ0) is 17.7. The highest BCUT2D eigenvalue weighted by Crippen LogP contribution is 2.41. The van der Waals surface area contributed by atoms with E-state index in [1.165, 1.54) is 109 Å². The normalized spacial score (nSPS) is 30.5. The van der Waals surface area contributed by atoms with Crippen molar-refractivity contribution in [2.75, 3.05) is 6.61 Å². The van der Waals surface area contributed by atoms with E-state index >= 15 is 0 Å². The van der Waals surface area contributed by atoms with Gasteiger partial charge in [0, 0.05) is 6.61 Å². The van der Waals surface area contributed by atoms with E-state index in [9.17, 15) is 0 Å². The van der Waals surface area contributed by atoms with Crippen LogP contribution in [0.4, 0.5) is 0 Å². The highest BCUT2D eigenvalue weighted by atomic mass is 16.5. The monoisotopic (exact) mass is 350 g/mol.